The molecule has 0 amide bonds. The molecule has 94 valence electrons. The second-order valence-corrected chi connectivity index (χ2v) is 5.36. The summed E-state index contributed by atoms with van der Waals surface area (Å²) in [6.07, 6.45) is 1.02. The zero-order valence-electron chi connectivity index (χ0n) is 10.5. The van der Waals surface area contributed by atoms with Gasteiger partial charge in [-0.15, -0.1) is 11.8 Å². The molecule has 0 aliphatic carbocycles. The van der Waals surface area contributed by atoms with Crippen LogP contribution in [0.5, 0.6) is 5.75 Å². The summed E-state index contributed by atoms with van der Waals surface area (Å²) in [6, 6.07) is 6.80. The number of anilines is 1. The smallest absolute Gasteiger partial charge is 0.143 e. The molecule has 1 aromatic carbocycles. The van der Waals surface area contributed by atoms with E-state index in [1.807, 2.05) is 17.8 Å². The van der Waals surface area contributed by atoms with Crippen molar-refractivity contribution < 1.29 is 4.74 Å². The highest BCUT2D eigenvalue weighted by atomic mass is 32.2. The number of fused-ring (bicyclic) bond motifs is 1. The van der Waals surface area contributed by atoms with Gasteiger partial charge in [0.05, 0.1) is 12.8 Å². The van der Waals surface area contributed by atoms with E-state index in [2.05, 4.69) is 24.0 Å². The van der Waals surface area contributed by atoms with Crippen molar-refractivity contribution >= 4 is 17.4 Å². The van der Waals surface area contributed by atoms with Gasteiger partial charge in [-0.05, 0) is 32.0 Å². The molecular formula is C13H20N2OS. The fourth-order valence-electron chi connectivity index (χ4n) is 2.18. The van der Waals surface area contributed by atoms with E-state index in [1.165, 1.54) is 10.6 Å². The number of hydrogen-bond donors (Lipinski definition) is 1. The van der Waals surface area contributed by atoms with Gasteiger partial charge < -0.3 is 15.4 Å². The van der Waals surface area contributed by atoms with Crippen molar-refractivity contribution in [3.63, 3.8) is 0 Å². The van der Waals surface area contributed by atoms with E-state index in [-0.39, 0.29) is 0 Å². The molecule has 2 N–H and O–H groups in total. The molecule has 0 saturated heterocycles. The summed E-state index contributed by atoms with van der Waals surface area (Å²) in [5.74, 6) is 2.10. The summed E-state index contributed by atoms with van der Waals surface area (Å²) >= 11 is 1.91. The van der Waals surface area contributed by atoms with Crippen molar-refractivity contribution in [1.82, 2.24) is 0 Å². The Morgan fingerprint density at radius 1 is 1.53 bits per heavy atom. The molecule has 1 unspecified atom stereocenters. The van der Waals surface area contributed by atoms with Crippen LogP contribution in [-0.2, 0) is 0 Å². The Balaban J connectivity index is 2.34. The number of rotatable bonds is 4. The van der Waals surface area contributed by atoms with Gasteiger partial charge in [-0.2, -0.15) is 0 Å². The van der Waals surface area contributed by atoms with E-state index in [0.717, 1.165) is 31.0 Å². The average molecular weight is 252 g/mol. The molecule has 2 rings (SSSR count). The van der Waals surface area contributed by atoms with Crippen LogP contribution in [0.3, 0.4) is 0 Å². The van der Waals surface area contributed by atoms with Gasteiger partial charge in [0.25, 0.3) is 0 Å². The maximum atomic E-state index is 5.62. The third-order valence-electron chi connectivity index (χ3n) is 3.08. The molecule has 1 aromatic rings. The first-order valence-electron chi connectivity index (χ1n) is 6.04. The highest BCUT2D eigenvalue weighted by Gasteiger charge is 2.26. The van der Waals surface area contributed by atoms with Crippen LogP contribution in [0, 0.1) is 0 Å². The van der Waals surface area contributed by atoms with Crippen molar-refractivity contribution in [3.05, 3.63) is 18.2 Å². The van der Waals surface area contributed by atoms with Gasteiger partial charge in [-0.1, -0.05) is 6.07 Å². The Labute approximate surface area is 107 Å². The van der Waals surface area contributed by atoms with Crippen molar-refractivity contribution in [2.45, 2.75) is 24.3 Å². The maximum absolute atomic E-state index is 5.62. The van der Waals surface area contributed by atoms with Gasteiger partial charge in [0, 0.05) is 23.2 Å². The highest BCUT2D eigenvalue weighted by molar-refractivity contribution is 7.99. The van der Waals surface area contributed by atoms with E-state index >= 15 is 0 Å². The second-order valence-electron chi connectivity index (χ2n) is 4.30. The largest absolute Gasteiger partial charge is 0.495 e. The summed E-state index contributed by atoms with van der Waals surface area (Å²) in [7, 11) is 1.74. The topological polar surface area (TPSA) is 38.5 Å². The molecule has 0 bridgehead atoms. The number of nitrogens with zero attached hydrogens (tertiary/aromatic N) is 1. The predicted molar refractivity (Wildman–Crippen MR) is 74.2 cm³/mol. The Bertz CT molecular complexity index is 369. The third kappa shape index (κ3) is 2.53. The number of para-hydroxylation sites is 1. The Morgan fingerprint density at radius 2 is 2.35 bits per heavy atom. The van der Waals surface area contributed by atoms with Crippen LogP contribution in [0.2, 0.25) is 0 Å². The van der Waals surface area contributed by atoms with E-state index < -0.39 is 0 Å². The summed E-state index contributed by atoms with van der Waals surface area (Å²) in [5, 5.41) is 0. The number of benzene rings is 1. The monoisotopic (exact) mass is 252 g/mol. The molecule has 0 saturated carbocycles. The number of methoxy groups -OCH3 is 1. The Hall–Kier alpha value is -0.870. The lowest BCUT2D eigenvalue weighted by Crippen LogP contribution is -2.39. The second kappa shape index (κ2) is 5.65. The lowest BCUT2D eigenvalue weighted by molar-refractivity contribution is 0.411. The van der Waals surface area contributed by atoms with Gasteiger partial charge in [0.15, 0.2) is 0 Å². The number of hydrogen-bond acceptors (Lipinski definition) is 4. The van der Waals surface area contributed by atoms with Crippen LogP contribution in [0.25, 0.3) is 0 Å². The molecule has 4 heteroatoms. The van der Waals surface area contributed by atoms with Gasteiger partial charge in [0.2, 0.25) is 0 Å². The lowest BCUT2D eigenvalue weighted by Gasteiger charge is -2.37. The lowest BCUT2D eigenvalue weighted by atomic mass is 10.2. The first-order chi connectivity index (χ1) is 8.27. The van der Waals surface area contributed by atoms with Gasteiger partial charge in [0.1, 0.15) is 5.75 Å². The van der Waals surface area contributed by atoms with E-state index in [9.17, 15) is 0 Å². The zero-order chi connectivity index (χ0) is 12.3. The summed E-state index contributed by atoms with van der Waals surface area (Å²) in [4.78, 5) is 3.75. The van der Waals surface area contributed by atoms with Crippen LogP contribution in [0.15, 0.2) is 23.1 Å². The molecule has 0 radical (unpaired) electrons. The molecule has 1 aliphatic heterocycles. The first kappa shape index (κ1) is 12.6. The van der Waals surface area contributed by atoms with Crippen LogP contribution in [0.1, 0.15) is 13.3 Å². The third-order valence-corrected chi connectivity index (χ3v) is 4.37. The van der Waals surface area contributed by atoms with Crippen LogP contribution in [-0.4, -0.2) is 32.0 Å². The molecule has 0 fully saturated rings. The minimum Gasteiger partial charge on any atom is -0.495 e. The molecular weight excluding hydrogens is 232 g/mol. The van der Waals surface area contributed by atoms with Crippen LogP contribution < -0.4 is 15.4 Å². The molecule has 0 aromatic heterocycles. The molecule has 1 atom stereocenters. The van der Waals surface area contributed by atoms with Gasteiger partial charge in [-0.3, -0.25) is 0 Å². The first-order valence-corrected chi connectivity index (χ1v) is 7.03. The van der Waals surface area contributed by atoms with Crippen molar-refractivity contribution in [2.24, 2.45) is 5.73 Å². The number of nitrogens with two attached hydrogens (primary N) is 1. The van der Waals surface area contributed by atoms with E-state index in [4.69, 9.17) is 10.5 Å². The fraction of sp³-hybridized carbons (Fsp3) is 0.538. The standard InChI is InChI=1S/C13H20N2OS/c1-10-9-17-12-6-3-5-11(16-2)13(12)15(10)8-4-7-14/h3,5-6,10H,4,7-9,14H2,1-2H3. The summed E-state index contributed by atoms with van der Waals surface area (Å²) < 4.78 is 5.48. The Kier molecular flexibility index (Phi) is 4.18. The molecule has 0 spiro atoms. The molecule has 1 aliphatic rings. The Morgan fingerprint density at radius 3 is 3.06 bits per heavy atom. The quantitative estimate of drug-likeness (QED) is 0.892. The van der Waals surface area contributed by atoms with E-state index in [1.54, 1.807) is 7.11 Å². The number of thioether (sulfide) groups is 1. The van der Waals surface area contributed by atoms with Crippen molar-refractivity contribution in [1.29, 1.82) is 0 Å². The zero-order valence-corrected chi connectivity index (χ0v) is 11.3. The van der Waals surface area contributed by atoms with E-state index in [0.29, 0.717) is 6.04 Å². The predicted octanol–water partition coefficient (Wildman–Crippen LogP) is 2.34. The average Bonchev–Trinajstić information content (AvgIpc) is 2.37. The maximum Gasteiger partial charge on any atom is 0.143 e. The number of ether oxygens (including phenoxy) is 1. The molecule has 1 heterocycles. The van der Waals surface area contributed by atoms with Crippen LogP contribution >= 0.6 is 11.8 Å². The highest BCUT2D eigenvalue weighted by Crippen LogP contribution is 2.43. The van der Waals surface area contributed by atoms with Crippen molar-refractivity contribution in [3.8, 4) is 5.75 Å². The summed E-state index contributed by atoms with van der Waals surface area (Å²) in [5.41, 5.74) is 6.86. The normalized spacial score (nSPS) is 19.0. The fourth-order valence-corrected chi connectivity index (χ4v) is 3.31. The van der Waals surface area contributed by atoms with Gasteiger partial charge >= 0.3 is 0 Å². The van der Waals surface area contributed by atoms with Crippen LogP contribution in [0.4, 0.5) is 5.69 Å². The SMILES string of the molecule is COc1cccc2c1N(CCCN)C(C)CS2. The summed E-state index contributed by atoms with van der Waals surface area (Å²) in [6.45, 7) is 4.01. The van der Waals surface area contributed by atoms with Gasteiger partial charge in [-0.25, -0.2) is 0 Å². The molecule has 17 heavy (non-hydrogen) atoms. The minimum atomic E-state index is 0.537. The molecule has 3 nitrogen and oxygen atoms in total. The minimum absolute atomic E-state index is 0.537. The van der Waals surface area contributed by atoms with Crippen molar-refractivity contribution in [2.75, 3.05) is 30.9 Å².